The van der Waals surface area contributed by atoms with E-state index < -0.39 is 24.0 Å². The highest BCUT2D eigenvalue weighted by Gasteiger charge is 2.35. The molecule has 0 spiro atoms. The molecule has 1 aliphatic heterocycles. The zero-order valence-corrected chi connectivity index (χ0v) is 12.6. The lowest BCUT2D eigenvalue weighted by Crippen LogP contribution is -2.30. The molecule has 5 nitrogen and oxygen atoms in total. The summed E-state index contributed by atoms with van der Waals surface area (Å²) >= 11 is 0.255. The quantitative estimate of drug-likeness (QED) is 0.357. The Hall–Kier alpha value is -1.98. The molecular weight excluding hydrogens is 355 g/mol. The molecule has 0 amide bonds. The van der Waals surface area contributed by atoms with Crippen LogP contribution in [0.15, 0.2) is 36.7 Å². The third kappa shape index (κ3) is 3.57. The Bertz CT molecular complexity index is 717. The van der Waals surface area contributed by atoms with E-state index in [0.717, 1.165) is 18.2 Å². The molecule has 0 aliphatic carbocycles. The van der Waals surface area contributed by atoms with E-state index in [1.807, 2.05) is 0 Å². The van der Waals surface area contributed by atoms with Gasteiger partial charge >= 0.3 is 6.18 Å². The maximum atomic E-state index is 13.6. The van der Waals surface area contributed by atoms with Gasteiger partial charge in [0.05, 0.1) is 18.0 Å². The molecule has 1 fully saturated rings. The van der Waals surface area contributed by atoms with Crippen molar-refractivity contribution in [1.29, 1.82) is 0 Å². The number of alkyl halides is 4. The van der Waals surface area contributed by atoms with E-state index in [-0.39, 0.29) is 27.8 Å². The van der Waals surface area contributed by atoms with Crippen LogP contribution < -0.4 is 4.84 Å². The average Bonchev–Trinajstić information content (AvgIpc) is 2.85. The Kier molecular flexibility index (Phi) is 4.56. The lowest BCUT2D eigenvalue weighted by molar-refractivity contribution is -0.137. The first-order valence-electron chi connectivity index (χ1n) is 6.51. The van der Waals surface area contributed by atoms with Gasteiger partial charge in [0.1, 0.15) is 6.67 Å². The van der Waals surface area contributed by atoms with E-state index in [0.29, 0.717) is 10.6 Å². The predicted octanol–water partition coefficient (Wildman–Crippen LogP) is 3.82. The molecule has 1 saturated heterocycles. The normalized spacial score (nSPS) is 19.6. The van der Waals surface area contributed by atoms with Crippen LogP contribution in [0.2, 0.25) is 0 Å². The smallest absolute Gasteiger partial charge is 0.400 e. The molecule has 0 radical (unpaired) electrons. The van der Waals surface area contributed by atoms with Crippen molar-refractivity contribution in [3.8, 4) is 16.9 Å². The van der Waals surface area contributed by atoms with Gasteiger partial charge in [0.2, 0.25) is 5.63 Å². The zero-order valence-electron chi connectivity index (χ0n) is 11.7. The molecule has 128 valence electrons. The van der Waals surface area contributed by atoms with Crippen LogP contribution in [0.25, 0.3) is 11.1 Å². The second kappa shape index (κ2) is 6.49. The summed E-state index contributed by atoms with van der Waals surface area (Å²) in [5.41, 5.74) is -2.39. The number of halogens is 5. The Balaban J connectivity index is 1.99. The van der Waals surface area contributed by atoms with Crippen molar-refractivity contribution in [3.05, 3.63) is 42.2 Å². The van der Waals surface area contributed by atoms with Crippen molar-refractivity contribution >= 4 is 11.9 Å². The summed E-state index contributed by atoms with van der Waals surface area (Å²) in [6.45, 7) is -0.499. The number of rotatable bonds is 3. The highest BCUT2D eigenvalue weighted by molar-refractivity contribution is 7.97. The Labute approximate surface area is 137 Å². The number of aromatic nitrogens is 2. The zero-order chi connectivity index (χ0) is 17.3. The number of nitrogens with zero attached hydrogens (tertiary/aromatic N) is 4. The third-order valence-corrected chi connectivity index (χ3v) is 3.85. The molecule has 1 atom stereocenters. The first-order chi connectivity index (χ1) is 11.3. The summed E-state index contributed by atoms with van der Waals surface area (Å²) in [6, 6.07) is 4.15. The minimum atomic E-state index is -4.56. The lowest BCUT2D eigenvalue weighted by Gasteiger charge is -2.20. The van der Waals surface area contributed by atoms with Crippen LogP contribution >= 0.6 is 11.9 Å². The van der Waals surface area contributed by atoms with Crippen LogP contribution in [0.1, 0.15) is 5.56 Å². The largest absolute Gasteiger partial charge is 0.416 e. The molecule has 1 aromatic carbocycles. The van der Waals surface area contributed by atoms with E-state index in [4.69, 9.17) is 4.84 Å². The number of hydrogen-bond donors (Lipinski definition) is 0. The van der Waals surface area contributed by atoms with Gasteiger partial charge in [-0.3, -0.25) is 0 Å². The summed E-state index contributed by atoms with van der Waals surface area (Å²) in [4.78, 5) is 5.25. The third-order valence-electron chi connectivity index (χ3n) is 3.10. The van der Waals surface area contributed by atoms with Crippen LogP contribution in [0.4, 0.5) is 22.0 Å². The molecule has 0 bridgehead atoms. The van der Waals surface area contributed by atoms with Gasteiger partial charge in [-0.05, 0) is 24.3 Å². The van der Waals surface area contributed by atoms with Gasteiger partial charge in [0.15, 0.2) is 5.75 Å². The molecule has 24 heavy (non-hydrogen) atoms. The van der Waals surface area contributed by atoms with Gasteiger partial charge in [-0.1, -0.05) is 9.59 Å². The van der Waals surface area contributed by atoms with Gasteiger partial charge in [-0.25, -0.2) is 4.39 Å². The fourth-order valence-electron chi connectivity index (χ4n) is 2.01. The monoisotopic (exact) mass is 364 g/mol. The van der Waals surface area contributed by atoms with Crippen molar-refractivity contribution in [2.24, 2.45) is 0 Å². The molecule has 11 heteroatoms. The fraction of sp³-hybridized carbons (Fsp3) is 0.231. The summed E-state index contributed by atoms with van der Waals surface area (Å²) in [5, 5.41) is 7.83. The second-order valence-electron chi connectivity index (χ2n) is 4.70. The number of hydroxylamine groups is 2. The van der Waals surface area contributed by atoms with Crippen LogP contribution in [-0.4, -0.2) is 32.1 Å². The van der Waals surface area contributed by atoms with E-state index in [2.05, 4.69) is 10.2 Å². The molecule has 1 aliphatic rings. The molecule has 2 aromatic rings. The maximum Gasteiger partial charge on any atom is 0.416 e. The predicted molar refractivity (Wildman–Crippen MR) is 75.2 cm³/mol. The van der Waals surface area contributed by atoms with Gasteiger partial charge < -0.3 is 4.84 Å². The van der Waals surface area contributed by atoms with Gasteiger partial charge in [-0.15, -0.1) is 4.48 Å². The molecule has 0 N–H and O–H groups in total. The van der Waals surface area contributed by atoms with Crippen molar-refractivity contribution in [3.63, 3.8) is 0 Å². The van der Waals surface area contributed by atoms with E-state index in [1.165, 1.54) is 18.5 Å². The molecule has 1 unspecified atom stereocenters. The van der Waals surface area contributed by atoms with Crippen molar-refractivity contribution in [2.75, 3.05) is 6.67 Å². The summed E-state index contributed by atoms with van der Waals surface area (Å²) in [6.07, 6.45) is -2.02. The first kappa shape index (κ1) is 16.9. The van der Waals surface area contributed by atoms with Gasteiger partial charge in [-0.2, -0.15) is 23.4 Å². The van der Waals surface area contributed by atoms with E-state index >= 15 is 0 Å². The molecular formula is C13H9F5N4OS. The van der Waals surface area contributed by atoms with E-state index in [1.54, 1.807) is 0 Å². The van der Waals surface area contributed by atoms with Crippen LogP contribution in [-0.2, 0) is 6.18 Å². The Morgan fingerprint density at radius 3 is 2.58 bits per heavy atom. The number of benzene rings is 1. The summed E-state index contributed by atoms with van der Waals surface area (Å²) in [5.74, 6) is -0.0606. The van der Waals surface area contributed by atoms with Crippen LogP contribution in [0.5, 0.6) is 5.75 Å². The second-order valence-corrected chi connectivity index (χ2v) is 5.70. The highest BCUT2D eigenvalue weighted by Crippen LogP contribution is 2.39. The van der Waals surface area contributed by atoms with Gasteiger partial charge in [0.25, 0.3) is 0 Å². The Morgan fingerprint density at radius 1 is 1.21 bits per heavy atom. The first-order valence-corrected chi connectivity index (χ1v) is 7.35. The van der Waals surface area contributed by atoms with Crippen molar-refractivity contribution in [1.82, 2.24) is 19.8 Å². The fourth-order valence-corrected chi connectivity index (χ4v) is 2.60. The topological polar surface area (TPSA) is 41.5 Å². The van der Waals surface area contributed by atoms with E-state index in [9.17, 15) is 22.0 Å². The Morgan fingerprint density at radius 2 is 2.00 bits per heavy atom. The molecule has 3 rings (SSSR count). The minimum absolute atomic E-state index is 0.0363. The van der Waals surface area contributed by atoms with Crippen LogP contribution in [0, 0.1) is 0 Å². The molecule has 2 heterocycles. The van der Waals surface area contributed by atoms with Crippen molar-refractivity contribution in [2.45, 2.75) is 11.8 Å². The standard InChI is InChI=1S/C13H9F5N4OS/c14-12-21(7-22(18)24-12)23-11-2-1-9(13(15,16)17)5-10(11)8-3-4-19-20-6-8/h1-6,12H,7H2. The summed E-state index contributed by atoms with van der Waals surface area (Å²) < 4.78 is 65.6. The average molecular weight is 364 g/mol. The highest BCUT2D eigenvalue weighted by atomic mass is 32.2. The van der Waals surface area contributed by atoms with Crippen molar-refractivity contribution < 1.29 is 26.9 Å². The maximum absolute atomic E-state index is 13.6. The number of hydrogen-bond acceptors (Lipinski definition) is 6. The van der Waals surface area contributed by atoms with Gasteiger partial charge in [0, 0.05) is 23.1 Å². The summed E-state index contributed by atoms with van der Waals surface area (Å²) in [7, 11) is 0. The SMILES string of the molecule is FC1SN(F)CN1Oc1ccc(C(F)(F)F)cc1-c1ccnnc1. The molecule has 0 saturated carbocycles. The lowest BCUT2D eigenvalue weighted by atomic mass is 10.0. The minimum Gasteiger partial charge on any atom is -0.400 e. The van der Waals surface area contributed by atoms with Crippen LogP contribution in [0.3, 0.4) is 0 Å². The molecule has 1 aromatic heterocycles.